The van der Waals surface area contributed by atoms with Crippen molar-refractivity contribution in [3.05, 3.63) is 0 Å². The van der Waals surface area contributed by atoms with Crippen LogP contribution in [0.3, 0.4) is 0 Å². The van der Waals surface area contributed by atoms with Gasteiger partial charge in [-0.3, -0.25) is 9.59 Å². The van der Waals surface area contributed by atoms with E-state index < -0.39 is 5.97 Å². The summed E-state index contributed by atoms with van der Waals surface area (Å²) in [6.07, 6.45) is 4.45. The molecule has 0 bridgehead atoms. The molecule has 0 aromatic rings. The first-order chi connectivity index (χ1) is 10.3. The highest BCUT2D eigenvalue weighted by atomic mass is 16.4. The number of hydrogen-bond donors (Lipinski definition) is 3. The van der Waals surface area contributed by atoms with Gasteiger partial charge in [-0.1, -0.05) is 47.0 Å². The number of carbonyl (C=O) groups excluding carboxylic acids is 1. The molecule has 0 heterocycles. The van der Waals surface area contributed by atoms with Crippen molar-refractivity contribution in [3.8, 4) is 0 Å². The highest BCUT2D eigenvalue weighted by Gasteiger charge is 2.26. The molecule has 0 aromatic heterocycles. The molecule has 1 amide bonds. The fraction of sp³-hybridized carbons (Fsp3) is 0.882. The molecule has 0 aliphatic rings. The molecule has 0 spiro atoms. The first-order valence-corrected chi connectivity index (χ1v) is 8.52. The van der Waals surface area contributed by atoms with E-state index in [1.54, 1.807) is 0 Å². The molecule has 4 N–H and O–H groups in total. The molecule has 5 heteroatoms. The van der Waals surface area contributed by atoms with Crippen LogP contribution in [0.1, 0.15) is 66.2 Å². The van der Waals surface area contributed by atoms with Gasteiger partial charge < -0.3 is 16.2 Å². The predicted molar refractivity (Wildman–Crippen MR) is 89.5 cm³/mol. The summed E-state index contributed by atoms with van der Waals surface area (Å²) < 4.78 is 0. The first-order valence-electron chi connectivity index (χ1n) is 8.52. The highest BCUT2D eigenvalue weighted by Crippen LogP contribution is 2.23. The van der Waals surface area contributed by atoms with Gasteiger partial charge in [0.15, 0.2) is 0 Å². The van der Waals surface area contributed by atoms with Crippen molar-refractivity contribution in [2.45, 2.75) is 72.3 Å². The van der Waals surface area contributed by atoms with Gasteiger partial charge in [0.2, 0.25) is 5.91 Å². The summed E-state index contributed by atoms with van der Waals surface area (Å²) in [5.74, 6) is -0.0769. The van der Waals surface area contributed by atoms with Crippen LogP contribution in [0.25, 0.3) is 0 Å². The molecule has 130 valence electrons. The van der Waals surface area contributed by atoms with Gasteiger partial charge in [-0.05, 0) is 30.7 Å². The Morgan fingerprint density at radius 3 is 2.32 bits per heavy atom. The molecular formula is C17H34N2O3. The van der Waals surface area contributed by atoms with E-state index in [4.69, 9.17) is 10.8 Å². The molecule has 22 heavy (non-hydrogen) atoms. The van der Waals surface area contributed by atoms with Crippen LogP contribution < -0.4 is 11.1 Å². The van der Waals surface area contributed by atoms with E-state index in [1.807, 2.05) is 13.8 Å². The molecule has 0 radical (unpaired) electrons. The molecule has 0 aliphatic heterocycles. The molecule has 0 fully saturated rings. The van der Waals surface area contributed by atoms with Gasteiger partial charge in [0.1, 0.15) is 0 Å². The second-order valence-corrected chi connectivity index (χ2v) is 6.63. The van der Waals surface area contributed by atoms with E-state index in [1.165, 1.54) is 0 Å². The summed E-state index contributed by atoms with van der Waals surface area (Å²) in [5, 5.41) is 12.0. The minimum Gasteiger partial charge on any atom is -0.481 e. The van der Waals surface area contributed by atoms with Crippen LogP contribution in [0.2, 0.25) is 0 Å². The Morgan fingerprint density at radius 2 is 1.82 bits per heavy atom. The van der Waals surface area contributed by atoms with Crippen LogP contribution in [0, 0.1) is 17.8 Å². The predicted octanol–water partition coefficient (Wildman–Crippen LogP) is 2.78. The van der Waals surface area contributed by atoms with E-state index in [0.29, 0.717) is 24.8 Å². The van der Waals surface area contributed by atoms with E-state index in [9.17, 15) is 9.59 Å². The quantitative estimate of drug-likeness (QED) is 0.516. The van der Waals surface area contributed by atoms with Crippen molar-refractivity contribution < 1.29 is 14.7 Å². The van der Waals surface area contributed by atoms with Crippen molar-refractivity contribution in [2.24, 2.45) is 23.5 Å². The van der Waals surface area contributed by atoms with Crippen molar-refractivity contribution in [2.75, 3.05) is 6.54 Å². The smallest absolute Gasteiger partial charge is 0.305 e. The van der Waals surface area contributed by atoms with Crippen LogP contribution in [-0.4, -0.2) is 29.6 Å². The van der Waals surface area contributed by atoms with E-state index >= 15 is 0 Å². The highest BCUT2D eigenvalue weighted by molar-refractivity contribution is 5.77. The lowest BCUT2D eigenvalue weighted by Crippen LogP contribution is -2.43. The molecule has 0 saturated heterocycles. The molecule has 5 nitrogen and oxygen atoms in total. The topological polar surface area (TPSA) is 92.4 Å². The Labute approximate surface area is 135 Å². The lowest BCUT2D eigenvalue weighted by Gasteiger charge is -2.29. The van der Waals surface area contributed by atoms with Gasteiger partial charge in [-0.15, -0.1) is 0 Å². The molecule has 0 saturated carbocycles. The molecule has 4 unspecified atom stereocenters. The fourth-order valence-corrected chi connectivity index (χ4v) is 2.52. The average molecular weight is 314 g/mol. The number of aliphatic carboxylic acids is 1. The summed E-state index contributed by atoms with van der Waals surface area (Å²) in [4.78, 5) is 23.1. The van der Waals surface area contributed by atoms with Gasteiger partial charge in [-0.2, -0.15) is 0 Å². The van der Waals surface area contributed by atoms with Gasteiger partial charge in [-0.25, -0.2) is 0 Å². The van der Waals surface area contributed by atoms with Crippen molar-refractivity contribution in [1.29, 1.82) is 0 Å². The molecule has 0 aromatic carbocycles. The first kappa shape index (κ1) is 20.9. The minimum atomic E-state index is -0.866. The number of amides is 1. The Kier molecular flexibility index (Phi) is 10.9. The number of nitrogens with one attached hydrogen (secondary N) is 1. The lowest BCUT2D eigenvalue weighted by atomic mass is 9.84. The summed E-state index contributed by atoms with van der Waals surface area (Å²) >= 11 is 0. The maximum absolute atomic E-state index is 12.1. The third-order valence-electron chi connectivity index (χ3n) is 4.55. The zero-order valence-corrected chi connectivity index (χ0v) is 14.6. The monoisotopic (exact) mass is 314 g/mol. The van der Waals surface area contributed by atoms with E-state index in [-0.39, 0.29) is 24.3 Å². The Bertz CT molecular complexity index is 334. The van der Waals surface area contributed by atoms with Crippen molar-refractivity contribution in [3.63, 3.8) is 0 Å². The summed E-state index contributed by atoms with van der Waals surface area (Å²) in [6, 6.07) is -0.301. The zero-order chi connectivity index (χ0) is 17.1. The number of rotatable bonds is 12. The van der Waals surface area contributed by atoms with Crippen LogP contribution in [-0.2, 0) is 9.59 Å². The Morgan fingerprint density at radius 1 is 1.18 bits per heavy atom. The largest absolute Gasteiger partial charge is 0.481 e. The van der Waals surface area contributed by atoms with E-state index in [2.05, 4.69) is 19.2 Å². The van der Waals surface area contributed by atoms with E-state index in [0.717, 1.165) is 25.7 Å². The zero-order valence-electron chi connectivity index (χ0n) is 14.6. The third kappa shape index (κ3) is 9.03. The van der Waals surface area contributed by atoms with Crippen LogP contribution >= 0.6 is 0 Å². The van der Waals surface area contributed by atoms with Gasteiger partial charge >= 0.3 is 5.97 Å². The van der Waals surface area contributed by atoms with Gasteiger partial charge in [0.05, 0.1) is 6.42 Å². The standard InChI is InChI=1S/C17H34N2O3/c1-5-6-7-13(3)14(4)15(10-17(21)22)19-16(20)9-8-12(2)11-18/h12-15H,5-11,18H2,1-4H3,(H,19,20)(H,21,22). The summed E-state index contributed by atoms with van der Waals surface area (Å²) in [7, 11) is 0. The van der Waals surface area contributed by atoms with Crippen LogP contribution in [0.4, 0.5) is 0 Å². The van der Waals surface area contributed by atoms with Crippen LogP contribution in [0.15, 0.2) is 0 Å². The maximum atomic E-state index is 12.1. The van der Waals surface area contributed by atoms with Crippen LogP contribution in [0.5, 0.6) is 0 Å². The SMILES string of the molecule is CCCCC(C)C(C)C(CC(=O)O)NC(=O)CCC(C)CN. The number of carbonyl (C=O) groups is 2. The lowest BCUT2D eigenvalue weighted by molar-refractivity contribution is -0.138. The molecule has 0 rings (SSSR count). The third-order valence-corrected chi connectivity index (χ3v) is 4.55. The molecule has 0 aliphatic carbocycles. The van der Waals surface area contributed by atoms with Gasteiger partial charge in [0.25, 0.3) is 0 Å². The second-order valence-electron chi connectivity index (χ2n) is 6.63. The summed E-state index contributed by atoms with van der Waals surface area (Å²) in [6.45, 7) is 8.90. The number of unbranched alkanes of at least 4 members (excludes halogenated alkanes) is 1. The number of carboxylic acid groups (broad SMARTS) is 1. The number of hydrogen-bond acceptors (Lipinski definition) is 3. The minimum absolute atomic E-state index is 0.0180. The Hall–Kier alpha value is -1.10. The number of carboxylic acids is 1. The summed E-state index contributed by atoms with van der Waals surface area (Å²) in [5.41, 5.74) is 5.55. The number of nitrogens with two attached hydrogens (primary N) is 1. The molecule has 4 atom stereocenters. The Balaban J connectivity index is 4.55. The average Bonchev–Trinajstić information content (AvgIpc) is 2.48. The second kappa shape index (κ2) is 11.5. The normalized spacial score (nSPS) is 16.6. The van der Waals surface area contributed by atoms with Crippen molar-refractivity contribution in [1.82, 2.24) is 5.32 Å². The molecular weight excluding hydrogens is 280 g/mol. The van der Waals surface area contributed by atoms with Gasteiger partial charge in [0, 0.05) is 12.5 Å². The maximum Gasteiger partial charge on any atom is 0.305 e. The fourth-order valence-electron chi connectivity index (χ4n) is 2.52. The van der Waals surface area contributed by atoms with Crippen molar-refractivity contribution >= 4 is 11.9 Å².